The van der Waals surface area contributed by atoms with Crippen molar-refractivity contribution in [3.63, 3.8) is 0 Å². The normalized spacial score (nSPS) is 22.6. The van der Waals surface area contributed by atoms with Crippen LogP contribution in [0, 0.1) is 11.8 Å². The molecule has 3 N–H and O–H groups in total. The lowest BCUT2D eigenvalue weighted by molar-refractivity contribution is -0.138. The van der Waals surface area contributed by atoms with Crippen LogP contribution in [0.15, 0.2) is 53.7 Å². The van der Waals surface area contributed by atoms with Crippen LogP contribution >= 0.6 is 0 Å². The fourth-order valence-corrected chi connectivity index (χ4v) is 10.7. The molecular formula is C49H59N7O8. The highest BCUT2D eigenvalue weighted by Crippen LogP contribution is 2.45. The van der Waals surface area contributed by atoms with E-state index in [4.69, 9.17) is 28.9 Å². The minimum Gasteiger partial charge on any atom is -0.488 e. The van der Waals surface area contributed by atoms with Gasteiger partial charge in [-0.15, -0.1) is 0 Å². The molecule has 3 saturated heterocycles. The van der Waals surface area contributed by atoms with E-state index in [-0.39, 0.29) is 47.8 Å². The molecule has 15 nitrogen and oxygen atoms in total. The van der Waals surface area contributed by atoms with Gasteiger partial charge in [-0.25, -0.2) is 14.6 Å². The van der Waals surface area contributed by atoms with Crippen molar-refractivity contribution in [2.45, 2.75) is 122 Å². The highest BCUT2D eigenvalue weighted by atomic mass is 16.5. The number of rotatable bonds is 10. The largest absolute Gasteiger partial charge is 0.488 e. The van der Waals surface area contributed by atoms with Gasteiger partial charge in [0.2, 0.25) is 11.8 Å². The molecule has 0 bridgehead atoms. The number of imidazole rings is 1. The third-order valence-corrected chi connectivity index (χ3v) is 14.2. The second kappa shape index (κ2) is 17.9. The predicted octanol–water partition coefficient (Wildman–Crippen LogP) is 7.77. The maximum Gasteiger partial charge on any atom is 0.407 e. The molecule has 0 aliphatic carbocycles. The van der Waals surface area contributed by atoms with E-state index in [0.717, 1.165) is 99.4 Å². The third kappa shape index (κ3) is 7.96. The van der Waals surface area contributed by atoms with Gasteiger partial charge in [-0.2, -0.15) is 0 Å². The van der Waals surface area contributed by atoms with Crippen molar-refractivity contribution in [2.75, 3.05) is 27.4 Å². The molecule has 1 unspecified atom stereocenters. The summed E-state index contributed by atoms with van der Waals surface area (Å²) in [6.07, 6.45) is 6.69. The maximum absolute atomic E-state index is 14.4. The number of hydrogen-bond acceptors (Lipinski definition) is 10. The Morgan fingerprint density at radius 3 is 2.39 bits per heavy atom. The van der Waals surface area contributed by atoms with Crippen molar-refractivity contribution in [3.8, 4) is 28.1 Å². The van der Waals surface area contributed by atoms with Gasteiger partial charge in [0.25, 0.3) is 0 Å². The number of likely N-dealkylation sites (tertiary alicyclic amines) is 2. The molecule has 3 fully saturated rings. The van der Waals surface area contributed by atoms with Crippen LogP contribution in [0.3, 0.4) is 0 Å². The molecule has 1 aromatic heterocycles. The molecule has 4 amide bonds. The molecule has 338 valence electrons. The summed E-state index contributed by atoms with van der Waals surface area (Å²) in [5, 5.41) is 7.80. The van der Waals surface area contributed by atoms with E-state index >= 15 is 0 Å². The van der Waals surface area contributed by atoms with Crippen molar-refractivity contribution in [2.24, 2.45) is 16.8 Å². The zero-order chi connectivity index (χ0) is 44.8. The van der Waals surface area contributed by atoms with Crippen LogP contribution < -0.4 is 15.4 Å². The zero-order valence-electron chi connectivity index (χ0n) is 37.6. The van der Waals surface area contributed by atoms with Crippen LogP contribution in [0.25, 0.3) is 33.2 Å². The lowest BCUT2D eigenvalue weighted by Crippen LogP contribution is -2.57. The summed E-state index contributed by atoms with van der Waals surface area (Å²) in [5.74, 6) is 1.16. The molecule has 0 saturated carbocycles. The first kappa shape index (κ1) is 43.3. The number of aromatic nitrogens is 2. The van der Waals surface area contributed by atoms with E-state index in [1.165, 1.54) is 14.2 Å². The standard InChI is InChI=1S/C49H59N7O8/c1-7-32-11-15-41(56(32)46(57)43(26(2)3)53-48(59)61-5)45-50-24-39(52-45)30-9-12-33-31(20-30)25-64-42-23-34-29(21-36(33)42)10-13-37-35(34)22-38(51-37)40-14-8-27(4)55(40)47(58)44(54-49(60)62-6)28-16-18-63-19-17-28/h9-10,12-13,20-21,23-24,26-28,32,40-41,43-44H,7-8,11,14-19,22,25H2,1-6H3,(H,50,52)(H,53,59)(H,54,60)/t27-,32-,40-,41-,43?,44-/m0/s1. The molecule has 5 aliphatic heterocycles. The Balaban J connectivity index is 0.937. The molecular weight excluding hydrogens is 815 g/mol. The van der Waals surface area contributed by atoms with Gasteiger partial charge in [-0.1, -0.05) is 39.0 Å². The lowest BCUT2D eigenvalue weighted by Gasteiger charge is -2.36. The van der Waals surface area contributed by atoms with Gasteiger partial charge in [0.15, 0.2) is 0 Å². The molecule has 9 rings (SSSR count). The lowest BCUT2D eigenvalue weighted by atomic mass is 9.90. The summed E-state index contributed by atoms with van der Waals surface area (Å²) < 4.78 is 21.9. The Morgan fingerprint density at radius 2 is 1.64 bits per heavy atom. The van der Waals surface area contributed by atoms with E-state index < -0.39 is 24.3 Å². The monoisotopic (exact) mass is 873 g/mol. The summed E-state index contributed by atoms with van der Waals surface area (Å²) in [6, 6.07) is 13.1. The molecule has 3 aromatic carbocycles. The van der Waals surface area contributed by atoms with Crippen LogP contribution in [0.1, 0.15) is 95.6 Å². The SMILES string of the molecule is CC[C@H]1CC[C@@H](c2ncc(-c3ccc4c(c3)COc3cc5c6c(ccc5cc3-4)N=C([C@@H]3CC[C@H](C)N3C(=O)[C@@H](NC(=O)OC)C3CCOCC3)C6)[nH]2)N1C(=O)C(NC(=O)OC)C(C)C. The zero-order valence-corrected chi connectivity index (χ0v) is 37.6. The van der Waals surface area contributed by atoms with Gasteiger partial charge in [-0.05, 0) is 121 Å². The van der Waals surface area contributed by atoms with Crippen LogP contribution in [0.4, 0.5) is 15.3 Å². The molecule has 0 radical (unpaired) electrons. The van der Waals surface area contributed by atoms with E-state index in [9.17, 15) is 19.2 Å². The van der Waals surface area contributed by atoms with Crippen molar-refractivity contribution >= 4 is 46.2 Å². The first-order valence-corrected chi connectivity index (χ1v) is 22.9. The van der Waals surface area contributed by atoms with Crippen LogP contribution in [-0.2, 0) is 36.8 Å². The fourth-order valence-electron chi connectivity index (χ4n) is 10.7. The Labute approximate surface area is 373 Å². The van der Waals surface area contributed by atoms with Crippen molar-refractivity contribution in [1.29, 1.82) is 0 Å². The minimum absolute atomic E-state index is 0.00139. The summed E-state index contributed by atoms with van der Waals surface area (Å²) in [5.41, 5.74) is 8.02. The number of methoxy groups -OCH3 is 2. The number of fused-ring (bicyclic) bond motifs is 6. The number of carbonyl (C=O) groups is 4. The van der Waals surface area contributed by atoms with Crippen LogP contribution in [-0.4, -0.2) is 107 Å². The topological polar surface area (TPSA) is 177 Å². The second-order valence-electron chi connectivity index (χ2n) is 18.3. The summed E-state index contributed by atoms with van der Waals surface area (Å²) in [7, 11) is 2.62. The van der Waals surface area contributed by atoms with E-state index in [2.05, 4.69) is 71.9 Å². The van der Waals surface area contributed by atoms with Gasteiger partial charge in [0.1, 0.15) is 30.3 Å². The maximum atomic E-state index is 14.4. The van der Waals surface area contributed by atoms with Crippen LogP contribution in [0.5, 0.6) is 5.75 Å². The van der Waals surface area contributed by atoms with E-state index in [1.54, 1.807) is 0 Å². The molecule has 5 aliphatic rings. The van der Waals surface area contributed by atoms with Gasteiger partial charge in [0, 0.05) is 43.0 Å². The Kier molecular flexibility index (Phi) is 12.1. The minimum atomic E-state index is -0.715. The Hall–Kier alpha value is -5.96. The molecule has 4 aromatic rings. The quantitative estimate of drug-likeness (QED) is 0.144. The molecule has 6 atom stereocenters. The average molecular weight is 874 g/mol. The number of alkyl carbamates (subject to hydrolysis) is 2. The van der Waals surface area contributed by atoms with Crippen molar-refractivity contribution < 1.29 is 38.1 Å². The predicted molar refractivity (Wildman–Crippen MR) is 241 cm³/mol. The Morgan fingerprint density at radius 1 is 0.875 bits per heavy atom. The number of H-pyrrole nitrogens is 1. The highest BCUT2D eigenvalue weighted by Gasteiger charge is 2.45. The molecule has 15 heteroatoms. The van der Waals surface area contributed by atoms with Gasteiger partial charge in [-0.3, -0.25) is 14.6 Å². The molecule has 6 heterocycles. The number of nitrogens with one attached hydrogen (secondary N) is 3. The van der Waals surface area contributed by atoms with E-state index in [1.807, 2.05) is 29.8 Å². The number of hydrogen-bond donors (Lipinski definition) is 3. The number of aliphatic imine (C=N–C) groups is 1. The van der Waals surface area contributed by atoms with Crippen molar-refractivity contribution in [1.82, 2.24) is 30.4 Å². The first-order chi connectivity index (χ1) is 31.0. The third-order valence-electron chi connectivity index (χ3n) is 14.2. The summed E-state index contributed by atoms with van der Waals surface area (Å²) in [4.78, 5) is 70.5. The van der Waals surface area contributed by atoms with Gasteiger partial charge in [0.05, 0.1) is 43.9 Å². The van der Waals surface area contributed by atoms with E-state index in [0.29, 0.717) is 39.1 Å². The fraction of sp³-hybridized carbons (Fsp3) is 0.510. The number of amides is 4. The second-order valence-corrected chi connectivity index (χ2v) is 18.3. The molecule has 0 spiro atoms. The van der Waals surface area contributed by atoms with Gasteiger partial charge < -0.3 is 44.4 Å². The number of nitrogens with zero attached hydrogens (tertiary/aromatic N) is 4. The number of aromatic amines is 1. The smallest absolute Gasteiger partial charge is 0.407 e. The number of benzene rings is 3. The first-order valence-electron chi connectivity index (χ1n) is 22.9. The summed E-state index contributed by atoms with van der Waals surface area (Å²) >= 11 is 0. The highest BCUT2D eigenvalue weighted by molar-refractivity contribution is 6.06. The molecule has 64 heavy (non-hydrogen) atoms. The average Bonchev–Trinajstić information content (AvgIpc) is 4.14. The van der Waals surface area contributed by atoms with Crippen molar-refractivity contribution in [3.05, 3.63) is 65.6 Å². The van der Waals surface area contributed by atoms with Crippen LogP contribution in [0.2, 0.25) is 0 Å². The number of ether oxygens (including phenoxy) is 4. The summed E-state index contributed by atoms with van der Waals surface area (Å²) in [6.45, 7) is 9.52. The van der Waals surface area contributed by atoms with Gasteiger partial charge >= 0.3 is 12.2 Å². The number of carbonyl (C=O) groups excluding carboxylic acids is 4. The Bertz CT molecular complexity index is 2490.